The van der Waals surface area contributed by atoms with Crippen LogP contribution in [0.25, 0.3) is 6.08 Å². The Morgan fingerprint density at radius 1 is 0.862 bits per heavy atom. The molecule has 0 aromatic heterocycles. The average molecular weight is 394 g/mol. The fourth-order valence-corrected chi connectivity index (χ4v) is 4.70. The minimum Gasteiger partial charge on any atom is -0.465 e. The smallest absolute Gasteiger partial charge is 0.163 e. The van der Waals surface area contributed by atoms with Gasteiger partial charge in [-0.25, -0.2) is 4.39 Å². The Labute approximate surface area is 171 Å². The zero-order valence-corrected chi connectivity index (χ0v) is 17.5. The lowest BCUT2D eigenvalue weighted by Gasteiger charge is -2.42. The van der Waals surface area contributed by atoms with Crippen LogP contribution in [0.2, 0.25) is 0 Å². The molecule has 4 heteroatoms. The molecule has 29 heavy (non-hydrogen) atoms. The van der Waals surface area contributed by atoms with Gasteiger partial charge in [0.05, 0.1) is 0 Å². The van der Waals surface area contributed by atoms with E-state index in [2.05, 4.69) is 27.7 Å². The van der Waals surface area contributed by atoms with Crippen molar-refractivity contribution in [2.45, 2.75) is 53.4 Å². The third-order valence-electron chi connectivity index (χ3n) is 5.98. The van der Waals surface area contributed by atoms with Gasteiger partial charge in [-0.2, -0.15) is 0 Å². The lowest BCUT2D eigenvalue weighted by Crippen LogP contribution is -2.37. The molecular weight excluding hydrogens is 367 g/mol. The second-order valence-electron chi connectivity index (χ2n) is 10.0. The maximum absolute atomic E-state index is 13.2. The minimum absolute atomic E-state index is 0.0502. The van der Waals surface area contributed by atoms with Crippen LogP contribution in [0.3, 0.4) is 0 Å². The van der Waals surface area contributed by atoms with Crippen molar-refractivity contribution >= 4 is 17.6 Å². The van der Waals surface area contributed by atoms with E-state index in [1.54, 1.807) is 12.1 Å². The van der Waals surface area contributed by atoms with Gasteiger partial charge in [0.2, 0.25) is 0 Å². The van der Waals surface area contributed by atoms with E-state index in [0.29, 0.717) is 48.3 Å². The lowest BCUT2D eigenvalue weighted by molar-refractivity contribution is -0.120. The molecule has 0 fully saturated rings. The fourth-order valence-electron chi connectivity index (χ4n) is 4.70. The van der Waals surface area contributed by atoms with Crippen LogP contribution < -0.4 is 0 Å². The number of halogens is 1. The Kier molecular flexibility index (Phi) is 4.64. The third-order valence-corrected chi connectivity index (χ3v) is 5.98. The molecule has 2 aliphatic carbocycles. The van der Waals surface area contributed by atoms with E-state index in [9.17, 15) is 14.0 Å². The molecular formula is C25H27FO3. The number of carbonyl (C=O) groups excluding carboxylic acids is 2. The van der Waals surface area contributed by atoms with Crippen molar-refractivity contribution in [3.8, 4) is 0 Å². The highest BCUT2D eigenvalue weighted by molar-refractivity contribution is 6.05. The zero-order valence-electron chi connectivity index (χ0n) is 17.5. The van der Waals surface area contributed by atoms with Gasteiger partial charge in [-0.1, -0.05) is 52.0 Å². The molecule has 4 rings (SSSR count). The van der Waals surface area contributed by atoms with Crippen LogP contribution in [-0.4, -0.2) is 11.6 Å². The summed E-state index contributed by atoms with van der Waals surface area (Å²) in [6.45, 7) is 8.28. The number of ketones is 2. The van der Waals surface area contributed by atoms with Crippen molar-refractivity contribution in [2.24, 2.45) is 16.7 Å². The van der Waals surface area contributed by atoms with Crippen molar-refractivity contribution in [1.82, 2.24) is 0 Å². The standard InChI is InChI=1S/C25H27FO3/c1-24(2)11-18(27)22-17(10-7-15-5-8-16(26)9-6-15)23-19(28)12-25(3,4)14-21(23)29-20(22)13-24/h5-10,17H,11-14H2,1-4H3/b10-7+. The highest BCUT2D eigenvalue weighted by Crippen LogP contribution is 2.50. The molecule has 1 aromatic rings. The molecule has 0 radical (unpaired) electrons. The molecule has 3 aliphatic rings. The van der Waals surface area contributed by atoms with Crippen LogP contribution in [0.15, 0.2) is 53.0 Å². The Morgan fingerprint density at radius 2 is 1.34 bits per heavy atom. The summed E-state index contributed by atoms with van der Waals surface area (Å²) < 4.78 is 19.5. The maximum atomic E-state index is 13.2. The molecule has 1 aliphatic heterocycles. The lowest BCUT2D eigenvalue weighted by atomic mass is 9.67. The van der Waals surface area contributed by atoms with E-state index in [4.69, 9.17) is 4.74 Å². The molecule has 0 saturated carbocycles. The van der Waals surface area contributed by atoms with Gasteiger partial charge < -0.3 is 4.74 Å². The number of Topliss-reactive ketones (excluding diaryl/α,β-unsaturated/α-hetero) is 2. The topological polar surface area (TPSA) is 43.4 Å². The molecule has 0 saturated heterocycles. The van der Waals surface area contributed by atoms with Crippen molar-refractivity contribution < 1.29 is 18.7 Å². The van der Waals surface area contributed by atoms with Crippen molar-refractivity contribution in [2.75, 3.05) is 0 Å². The Hall–Kier alpha value is -2.49. The summed E-state index contributed by atoms with van der Waals surface area (Å²) in [5, 5.41) is 0. The van der Waals surface area contributed by atoms with Crippen molar-refractivity contribution in [3.63, 3.8) is 0 Å². The number of carbonyl (C=O) groups is 2. The van der Waals surface area contributed by atoms with Crippen molar-refractivity contribution in [3.05, 3.63) is 64.4 Å². The summed E-state index contributed by atoms with van der Waals surface area (Å²) in [5.74, 6) is 0.834. The van der Waals surface area contributed by atoms with Crippen LogP contribution in [0.5, 0.6) is 0 Å². The van der Waals surface area contributed by atoms with Crippen molar-refractivity contribution in [1.29, 1.82) is 0 Å². The fraction of sp³-hybridized carbons (Fsp3) is 0.440. The monoisotopic (exact) mass is 394 g/mol. The molecule has 152 valence electrons. The van der Waals surface area contributed by atoms with Gasteiger partial charge in [-0.3, -0.25) is 9.59 Å². The normalized spacial score (nSPS) is 23.9. The summed E-state index contributed by atoms with van der Waals surface area (Å²) >= 11 is 0. The molecule has 0 unspecified atom stereocenters. The van der Waals surface area contributed by atoms with Crippen LogP contribution in [0.4, 0.5) is 4.39 Å². The number of hydrogen-bond donors (Lipinski definition) is 0. The van der Waals surface area contributed by atoms with Gasteiger partial charge in [-0.05, 0) is 28.5 Å². The molecule has 0 N–H and O–H groups in total. The first kappa shape index (κ1) is 19.8. The Morgan fingerprint density at radius 3 is 1.83 bits per heavy atom. The van der Waals surface area contributed by atoms with Gasteiger partial charge in [0.15, 0.2) is 11.6 Å². The summed E-state index contributed by atoms with van der Waals surface area (Å²) in [4.78, 5) is 26.1. The first-order valence-corrected chi connectivity index (χ1v) is 10.2. The van der Waals surface area contributed by atoms with E-state index in [1.807, 2.05) is 12.2 Å². The van der Waals surface area contributed by atoms with E-state index >= 15 is 0 Å². The Balaban J connectivity index is 1.80. The summed E-state index contributed by atoms with van der Waals surface area (Å²) in [6.07, 6.45) is 6.02. The average Bonchev–Trinajstić information content (AvgIpc) is 2.57. The SMILES string of the molecule is CC1(C)CC(=O)C2=C(C1)OC1=C(C(=O)CC(C)(C)C1)C2/C=C/c1ccc(F)cc1. The van der Waals surface area contributed by atoms with E-state index in [-0.39, 0.29) is 28.2 Å². The maximum Gasteiger partial charge on any atom is 0.163 e. The molecule has 0 bridgehead atoms. The van der Waals surface area contributed by atoms with Gasteiger partial charge >= 0.3 is 0 Å². The number of hydrogen-bond acceptors (Lipinski definition) is 3. The van der Waals surface area contributed by atoms with Crippen LogP contribution in [-0.2, 0) is 14.3 Å². The summed E-state index contributed by atoms with van der Waals surface area (Å²) in [6, 6.07) is 6.18. The third kappa shape index (κ3) is 3.85. The molecule has 1 heterocycles. The molecule has 0 atom stereocenters. The molecule has 0 spiro atoms. The predicted octanol–water partition coefficient (Wildman–Crippen LogP) is 5.77. The second-order valence-corrected chi connectivity index (χ2v) is 10.0. The van der Waals surface area contributed by atoms with E-state index in [1.165, 1.54) is 12.1 Å². The highest BCUT2D eigenvalue weighted by atomic mass is 19.1. The quantitative estimate of drug-likeness (QED) is 0.639. The van der Waals surface area contributed by atoms with Gasteiger partial charge in [-0.15, -0.1) is 0 Å². The second kappa shape index (κ2) is 6.79. The number of rotatable bonds is 2. The first-order valence-electron chi connectivity index (χ1n) is 10.2. The molecule has 3 nitrogen and oxygen atoms in total. The summed E-state index contributed by atoms with van der Waals surface area (Å²) in [5.41, 5.74) is 1.75. The first-order chi connectivity index (χ1) is 13.5. The zero-order chi connectivity index (χ0) is 21.0. The van der Waals surface area contributed by atoms with Crippen LogP contribution >= 0.6 is 0 Å². The largest absolute Gasteiger partial charge is 0.465 e. The minimum atomic E-state index is -0.397. The van der Waals surface area contributed by atoms with Crippen LogP contribution in [0.1, 0.15) is 58.9 Å². The highest BCUT2D eigenvalue weighted by Gasteiger charge is 2.46. The summed E-state index contributed by atoms with van der Waals surface area (Å²) in [7, 11) is 0. The van der Waals surface area contributed by atoms with Crippen LogP contribution in [0, 0.1) is 22.6 Å². The Bertz CT molecular complexity index is 922. The predicted molar refractivity (Wildman–Crippen MR) is 110 cm³/mol. The number of allylic oxidation sites excluding steroid dienone is 5. The van der Waals surface area contributed by atoms with Gasteiger partial charge in [0.25, 0.3) is 0 Å². The van der Waals surface area contributed by atoms with Gasteiger partial charge in [0, 0.05) is 42.7 Å². The van der Waals surface area contributed by atoms with E-state index < -0.39 is 5.92 Å². The van der Waals surface area contributed by atoms with Gasteiger partial charge in [0.1, 0.15) is 17.3 Å². The number of ether oxygens (including phenoxy) is 1. The number of benzene rings is 1. The van der Waals surface area contributed by atoms with E-state index in [0.717, 1.165) is 5.56 Å². The molecule has 1 aromatic carbocycles. The molecule has 0 amide bonds.